The lowest BCUT2D eigenvalue weighted by Crippen LogP contribution is -2.39. The summed E-state index contributed by atoms with van der Waals surface area (Å²) in [5.74, 6) is -2.08. The van der Waals surface area contributed by atoms with Gasteiger partial charge in [-0.15, -0.1) is 0 Å². The van der Waals surface area contributed by atoms with E-state index in [1.54, 1.807) is 19.1 Å². The van der Waals surface area contributed by atoms with Gasteiger partial charge in [0.25, 0.3) is 5.91 Å². The lowest BCUT2D eigenvalue weighted by atomic mass is 10.0. The summed E-state index contributed by atoms with van der Waals surface area (Å²) in [7, 11) is 1.38. The zero-order valence-electron chi connectivity index (χ0n) is 17.2. The van der Waals surface area contributed by atoms with Gasteiger partial charge in [0.05, 0.1) is 11.3 Å². The largest absolute Gasteiger partial charge is 0.489 e. The Hall–Kier alpha value is -3.75. The third-order valence-electron chi connectivity index (χ3n) is 4.74. The zero-order valence-corrected chi connectivity index (χ0v) is 17.2. The van der Waals surface area contributed by atoms with Crippen LogP contribution in [0.1, 0.15) is 39.0 Å². The maximum absolute atomic E-state index is 13.6. The number of aromatic nitrogens is 1. The van der Waals surface area contributed by atoms with Gasteiger partial charge in [0.2, 0.25) is 5.91 Å². The zero-order chi connectivity index (χ0) is 22.5. The first kappa shape index (κ1) is 21.9. The fourth-order valence-electron chi connectivity index (χ4n) is 2.92. The first-order valence-corrected chi connectivity index (χ1v) is 9.42. The normalized spacial score (nSPS) is 11.6. The van der Waals surface area contributed by atoms with Crippen LogP contribution < -0.4 is 15.4 Å². The van der Waals surface area contributed by atoms with E-state index in [1.165, 1.54) is 25.2 Å². The number of aryl methyl sites for hydroxylation is 2. The van der Waals surface area contributed by atoms with E-state index in [0.717, 1.165) is 23.4 Å². The van der Waals surface area contributed by atoms with Crippen LogP contribution in [0.25, 0.3) is 0 Å². The van der Waals surface area contributed by atoms with Crippen molar-refractivity contribution in [3.63, 3.8) is 0 Å². The summed E-state index contributed by atoms with van der Waals surface area (Å²) in [6.07, 6.45) is 0. The molecule has 1 atom stereocenters. The standard InChI is InChI=1S/C22H21F2N3O4/c1-12-17(13(2)31-27-12)11-30-16-7-4-14(5-8-16)21(28)26-20(22(29)25-3)15-6-9-18(23)19(24)10-15/h4-10,20H,11H2,1-3H3,(H,25,29)(H,26,28). The van der Waals surface area contributed by atoms with Crippen LogP contribution in [0, 0.1) is 25.5 Å². The van der Waals surface area contributed by atoms with Crippen molar-refractivity contribution in [2.45, 2.75) is 26.5 Å². The van der Waals surface area contributed by atoms with E-state index in [0.29, 0.717) is 11.5 Å². The first-order chi connectivity index (χ1) is 14.8. The number of nitrogens with one attached hydrogen (secondary N) is 2. The fourth-order valence-corrected chi connectivity index (χ4v) is 2.92. The van der Waals surface area contributed by atoms with Crippen LogP contribution in [-0.4, -0.2) is 24.0 Å². The van der Waals surface area contributed by atoms with Crippen LogP contribution in [0.15, 0.2) is 47.0 Å². The quantitative estimate of drug-likeness (QED) is 0.601. The van der Waals surface area contributed by atoms with E-state index in [2.05, 4.69) is 15.8 Å². The predicted molar refractivity (Wildman–Crippen MR) is 107 cm³/mol. The number of hydrogen-bond donors (Lipinski definition) is 2. The van der Waals surface area contributed by atoms with Crippen LogP contribution in [0.4, 0.5) is 8.78 Å². The summed E-state index contributed by atoms with van der Waals surface area (Å²) in [6.45, 7) is 3.88. The topological polar surface area (TPSA) is 93.5 Å². The maximum atomic E-state index is 13.6. The minimum Gasteiger partial charge on any atom is -0.489 e. The summed E-state index contributed by atoms with van der Waals surface area (Å²) in [5.41, 5.74) is 1.97. The highest BCUT2D eigenvalue weighted by molar-refractivity contribution is 5.97. The second-order valence-corrected chi connectivity index (χ2v) is 6.81. The molecule has 0 aliphatic rings. The van der Waals surface area contributed by atoms with Gasteiger partial charge in [-0.05, 0) is 55.8 Å². The Bertz CT molecular complexity index is 1080. The van der Waals surface area contributed by atoms with Crippen molar-refractivity contribution in [2.24, 2.45) is 0 Å². The van der Waals surface area contributed by atoms with Crippen molar-refractivity contribution >= 4 is 11.8 Å². The number of ether oxygens (including phenoxy) is 1. The molecule has 0 saturated heterocycles. The molecule has 3 rings (SSSR count). The maximum Gasteiger partial charge on any atom is 0.252 e. The Morgan fingerprint density at radius 1 is 1.10 bits per heavy atom. The third-order valence-corrected chi connectivity index (χ3v) is 4.74. The number of benzene rings is 2. The van der Waals surface area contributed by atoms with Gasteiger partial charge < -0.3 is 19.9 Å². The number of amides is 2. The summed E-state index contributed by atoms with van der Waals surface area (Å²) in [5, 5.41) is 8.80. The van der Waals surface area contributed by atoms with Gasteiger partial charge >= 0.3 is 0 Å². The average Bonchev–Trinajstić information content (AvgIpc) is 3.09. The Labute approximate surface area is 177 Å². The van der Waals surface area contributed by atoms with Crippen LogP contribution in [0.2, 0.25) is 0 Å². The predicted octanol–water partition coefficient (Wildman–Crippen LogP) is 3.37. The molecule has 0 spiro atoms. The summed E-state index contributed by atoms with van der Waals surface area (Å²) in [4.78, 5) is 24.8. The molecule has 0 fully saturated rings. The van der Waals surface area contributed by atoms with Gasteiger partial charge in [0, 0.05) is 12.6 Å². The summed E-state index contributed by atoms with van der Waals surface area (Å²) < 4.78 is 37.6. The van der Waals surface area contributed by atoms with Crippen molar-refractivity contribution in [2.75, 3.05) is 7.05 Å². The van der Waals surface area contributed by atoms with E-state index >= 15 is 0 Å². The highest BCUT2D eigenvalue weighted by atomic mass is 19.2. The van der Waals surface area contributed by atoms with Gasteiger partial charge in [-0.2, -0.15) is 0 Å². The Morgan fingerprint density at radius 2 is 1.81 bits per heavy atom. The molecule has 0 saturated carbocycles. The van der Waals surface area contributed by atoms with E-state index in [-0.39, 0.29) is 17.7 Å². The fraction of sp³-hybridized carbons (Fsp3) is 0.227. The van der Waals surface area contributed by atoms with Crippen molar-refractivity contribution in [3.05, 3.63) is 82.2 Å². The summed E-state index contributed by atoms with van der Waals surface area (Å²) in [6, 6.07) is 8.11. The highest BCUT2D eigenvalue weighted by Gasteiger charge is 2.23. The Kier molecular flexibility index (Phi) is 6.64. The van der Waals surface area contributed by atoms with Gasteiger partial charge in [0.1, 0.15) is 24.2 Å². The second-order valence-electron chi connectivity index (χ2n) is 6.81. The van der Waals surface area contributed by atoms with Crippen LogP contribution in [0.5, 0.6) is 5.75 Å². The number of carbonyl (C=O) groups is 2. The van der Waals surface area contributed by atoms with Gasteiger partial charge in [-0.1, -0.05) is 11.2 Å². The van der Waals surface area contributed by atoms with Crippen molar-refractivity contribution in [1.82, 2.24) is 15.8 Å². The monoisotopic (exact) mass is 429 g/mol. The lowest BCUT2D eigenvalue weighted by molar-refractivity contribution is -0.122. The molecule has 0 bridgehead atoms. The number of hydrogen-bond acceptors (Lipinski definition) is 5. The number of carbonyl (C=O) groups excluding carboxylic acids is 2. The SMILES string of the molecule is CNC(=O)C(NC(=O)c1ccc(OCc2c(C)noc2C)cc1)c1ccc(F)c(F)c1. The number of rotatable bonds is 7. The van der Waals surface area contributed by atoms with Crippen molar-refractivity contribution < 1.29 is 27.6 Å². The smallest absolute Gasteiger partial charge is 0.252 e. The molecule has 0 radical (unpaired) electrons. The van der Waals surface area contributed by atoms with Crippen LogP contribution >= 0.6 is 0 Å². The van der Waals surface area contributed by atoms with E-state index in [1.807, 2.05) is 6.92 Å². The average molecular weight is 429 g/mol. The molecule has 31 heavy (non-hydrogen) atoms. The molecule has 162 valence electrons. The molecular formula is C22H21F2N3O4. The Balaban J connectivity index is 1.70. The Morgan fingerprint density at radius 3 is 2.39 bits per heavy atom. The third kappa shape index (κ3) is 5.06. The molecule has 9 heteroatoms. The molecule has 0 aliphatic carbocycles. The van der Waals surface area contributed by atoms with E-state index < -0.39 is 29.5 Å². The molecule has 2 aromatic carbocycles. The molecule has 3 aromatic rings. The molecule has 7 nitrogen and oxygen atoms in total. The van der Waals surface area contributed by atoms with Gasteiger partial charge in [-0.3, -0.25) is 9.59 Å². The van der Waals surface area contributed by atoms with E-state index in [9.17, 15) is 18.4 Å². The lowest BCUT2D eigenvalue weighted by Gasteiger charge is -2.18. The van der Waals surface area contributed by atoms with E-state index in [4.69, 9.17) is 9.26 Å². The van der Waals surface area contributed by atoms with Crippen LogP contribution in [0.3, 0.4) is 0 Å². The number of nitrogens with zero attached hydrogens (tertiary/aromatic N) is 1. The molecular weight excluding hydrogens is 408 g/mol. The first-order valence-electron chi connectivity index (χ1n) is 9.42. The van der Waals surface area contributed by atoms with Gasteiger partial charge in [0.15, 0.2) is 11.6 Å². The second kappa shape index (κ2) is 9.38. The van der Waals surface area contributed by atoms with Crippen LogP contribution in [-0.2, 0) is 11.4 Å². The molecule has 1 unspecified atom stereocenters. The molecule has 0 aliphatic heterocycles. The van der Waals surface area contributed by atoms with Gasteiger partial charge in [-0.25, -0.2) is 8.78 Å². The highest BCUT2D eigenvalue weighted by Crippen LogP contribution is 2.20. The molecule has 1 heterocycles. The molecule has 1 aromatic heterocycles. The summed E-state index contributed by atoms with van der Waals surface area (Å²) >= 11 is 0. The number of halogens is 2. The minimum absolute atomic E-state index is 0.117. The minimum atomic E-state index is -1.19. The van der Waals surface area contributed by atoms with Crippen molar-refractivity contribution in [1.29, 1.82) is 0 Å². The van der Waals surface area contributed by atoms with Crippen molar-refractivity contribution in [3.8, 4) is 5.75 Å². The molecule has 2 amide bonds. The molecule has 2 N–H and O–H groups in total. The number of likely N-dealkylation sites (N-methyl/N-ethyl adjacent to an activating group) is 1.